The fourth-order valence-corrected chi connectivity index (χ4v) is 3.83. The highest BCUT2D eigenvalue weighted by molar-refractivity contribution is 6.31. The molecule has 6 heteroatoms. The number of carbonyl (C=O) groups excluding carboxylic acids is 2. The molecule has 2 amide bonds. The van der Waals surface area contributed by atoms with Crippen LogP contribution in [-0.2, 0) is 17.9 Å². The Bertz CT molecular complexity index is 863. The summed E-state index contributed by atoms with van der Waals surface area (Å²) in [4.78, 5) is 28.1. The quantitative estimate of drug-likeness (QED) is 0.697. The standard InChI is InChI=1S/C23H28ClN3O2/c1-3-26(4-2)16-18-9-7-17(8-10-18)15-25-23(29)20-12-11-19(24)14-21(20)27-13-5-6-22(27)28/h7-12,14H,3-6,13,15-16H2,1-2H3,(H,25,29)/p+1. The molecule has 0 bridgehead atoms. The number of hydrogen-bond acceptors (Lipinski definition) is 2. The fraction of sp³-hybridized carbons (Fsp3) is 0.391. The van der Waals surface area contributed by atoms with Gasteiger partial charge in [0.25, 0.3) is 5.91 Å². The molecule has 0 radical (unpaired) electrons. The molecule has 1 aliphatic rings. The van der Waals surface area contributed by atoms with Gasteiger partial charge in [0.05, 0.1) is 24.3 Å². The summed E-state index contributed by atoms with van der Waals surface area (Å²) in [7, 11) is 0. The zero-order valence-electron chi connectivity index (χ0n) is 17.1. The first-order chi connectivity index (χ1) is 14.0. The maximum atomic E-state index is 12.8. The van der Waals surface area contributed by atoms with Crippen LogP contribution in [0.4, 0.5) is 5.69 Å². The third-order valence-electron chi connectivity index (χ3n) is 5.50. The Hall–Kier alpha value is -2.37. The highest BCUT2D eigenvalue weighted by Gasteiger charge is 2.26. The van der Waals surface area contributed by atoms with Crippen molar-refractivity contribution in [2.45, 2.75) is 39.8 Å². The molecule has 0 aromatic heterocycles. The fourth-order valence-electron chi connectivity index (χ4n) is 3.66. The third-order valence-corrected chi connectivity index (χ3v) is 5.73. The van der Waals surface area contributed by atoms with E-state index in [4.69, 9.17) is 11.6 Å². The van der Waals surface area contributed by atoms with Crippen LogP contribution in [0.5, 0.6) is 0 Å². The van der Waals surface area contributed by atoms with Crippen LogP contribution in [0.3, 0.4) is 0 Å². The first-order valence-electron chi connectivity index (χ1n) is 10.3. The van der Waals surface area contributed by atoms with Crippen molar-refractivity contribution in [3.05, 3.63) is 64.2 Å². The van der Waals surface area contributed by atoms with Crippen LogP contribution in [0.15, 0.2) is 42.5 Å². The number of anilines is 1. The topological polar surface area (TPSA) is 53.9 Å². The van der Waals surface area contributed by atoms with Crippen LogP contribution < -0.4 is 15.1 Å². The van der Waals surface area contributed by atoms with Gasteiger partial charge in [-0.1, -0.05) is 35.9 Å². The van der Waals surface area contributed by atoms with Gasteiger partial charge in [-0.3, -0.25) is 9.59 Å². The van der Waals surface area contributed by atoms with Gasteiger partial charge in [0.2, 0.25) is 5.91 Å². The van der Waals surface area contributed by atoms with Crippen molar-refractivity contribution in [1.82, 2.24) is 5.32 Å². The van der Waals surface area contributed by atoms with Gasteiger partial charge in [-0.25, -0.2) is 0 Å². The molecule has 1 saturated heterocycles. The Balaban J connectivity index is 1.66. The molecular formula is C23H29ClN3O2+. The zero-order chi connectivity index (χ0) is 20.8. The van der Waals surface area contributed by atoms with Crippen LogP contribution in [-0.4, -0.2) is 31.4 Å². The van der Waals surface area contributed by atoms with Crippen molar-refractivity contribution in [3.63, 3.8) is 0 Å². The molecule has 154 valence electrons. The average molecular weight is 415 g/mol. The van der Waals surface area contributed by atoms with Gasteiger partial charge in [0, 0.05) is 30.1 Å². The Labute approximate surface area is 177 Å². The summed E-state index contributed by atoms with van der Waals surface area (Å²) in [6.45, 7) is 8.68. The summed E-state index contributed by atoms with van der Waals surface area (Å²) >= 11 is 6.12. The smallest absolute Gasteiger partial charge is 0.253 e. The van der Waals surface area contributed by atoms with Gasteiger partial charge in [-0.05, 0) is 44.0 Å². The summed E-state index contributed by atoms with van der Waals surface area (Å²) in [6, 6.07) is 13.5. The lowest BCUT2D eigenvalue weighted by Gasteiger charge is -2.20. The van der Waals surface area contributed by atoms with Gasteiger partial charge in [-0.15, -0.1) is 0 Å². The molecule has 0 aliphatic carbocycles. The molecule has 2 N–H and O–H groups in total. The number of carbonyl (C=O) groups is 2. The van der Waals surface area contributed by atoms with Gasteiger partial charge < -0.3 is 15.1 Å². The second kappa shape index (κ2) is 9.90. The molecule has 29 heavy (non-hydrogen) atoms. The summed E-state index contributed by atoms with van der Waals surface area (Å²) < 4.78 is 0. The van der Waals surface area contributed by atoms with Gasteiger partial charge in [0.1, 0.15) is 6.54 Å². The van der Waals surface area contributed by atoms with Gasteiger partial charge in [-0.2, -0.15) is 0 Å². The zero-order valence-corrected chi connectivity index (χ0v) is 17.9. The van der Waals surface area contributed by atoms with Crippen LogP contribution in [0.25, 0.3) is 0 Å². The van der Waals surface area contributed by atoms with E-state index < -0.39 is 0 Å². The van der Waals surface area contributed by atoms with Gasteiger partial charge in [0.15, 0.2) is 0 Å². The summed E-state index contributed by atoms with van der Waals surface area (Å²) in [5.74, 6) is -0.166. The number of quaternary nitrogens is 1. The molecule has 0 saturated carbocycles. The Kier molecular flexibility index (Phi) is 7.29. The monoisotopic (exact) mass is 414 g/mol. The van der Waals surface area contributed by atoms with E-state index in [1.807, 2.05) is 0 Å². The van der Waals surface area contributed by atoms with Crippen LogP contribution >= 0.6 is 11.6 Å². The lowest BCUT2D eigenvalue weighted by molar-refractivity contribution is -0.910. The van der Waals surface area contributed by atoms with E-state index in [1.54, 1.807) is 23.1 Å². The average Bonchev–Trinajstić information content (AvgIpc) is 3.16. The molecule has 5 nitrogen and oxygen atoms in total. The molecule has 1 fully saturated rings. The van der Waals surface area contributed by atoms with Crippen LogP contribution in [0.2, 0.25) is 5.02 Å². The molecule has 0 spiro atoms. The molecule has 3 rings (SSSR count). The Morgan fingerprint density at radius 3 is 2.41 bits per heavy atom. The second-order valence-electron chi connectivity index (χ2n) is 7.44. The molecule has 2 aromatic rings. The van der Waals surface area contributed by atoms with E-state index in [0.29, 0.717) is 35.8 Å². The number of benzene rings is 2. The highest BCUT2D eigenvalue weighted by Crippen LogP contribution is 2.28. The first kappa shape index (κ1) is 21.3. The van der Waals surface area contributed by atoms with Crippen LogP contribution in [0.1, 0.15) is 48.2 Å². The third kappa shape index (κ3) is 5.37. The van der Waals surface area contributed by atoms with Crippen LogP contribution in [0, 0.1) is 0 Å². The first-order valence-corrected chi connectivity index (χ1v) is 10.7. The molecule has 2 aromatic carbocycles. The highest BCUT2D eigenvalue weighted by atomic mass is 35.5. The molecule has 1 heterocycles. The molecule has 0 atom stereocenters. The number of nitrogens with one attached hydrogen (secondary N) is 2. The Morgan fingerprint density at radius 2 is 1.79 bits per heavy atom. The number of rotatable bonds is 8. The number of amides is 2. The minimum Gasteiger partial charge on any atom is -0.348 e. The minimum atomic E-state index is -0.201. The largest absolute Gasteiger partial charge is 0.348 e. The SMILES string of the molecule is CC[NH+](CC)Cc1ccc(CNC(=O)c2ccc(Cl)cc2N2CCCC2=O)cc1. The lowest BCUT2D eigenvalue weighted by Crippen LogP contribution is -3.10. The van der Waals surface area contributed by atoms with E-state index >= 15 is 0 Å². The second-order valence-corrected chi connectivity index (χ2v) is 7.88. The Morgan fingerprint density at radius 1 is 1.10 bits per heavy atom. The van der Waals surface area contributed by atoms with Crippen molar-refractivity contribution in [3.8, 4) is 0 Å². The maximum Gasteiger partial charge on any atom is 0.253 e. The molecular weight excluding hydrogens is 386 g/mol. The maximum absolute atomic E-state index is 12.8. The van der Waals surface area contributed by atoms with Crippen molar-refractivity contribution < 1.29 is 14.5 Å². The van der Waals surface area contributed by atoms with E-state index in [9.17, 15) is 9.59 Å². The van der Waals surface area contributed by atoms with E-state index in [0.717, 1.165) is 31.6 Å². The lowest BCUT2D eigenvalue weighted by atomic mass is 10.1. The van der Waals surface area contributed by atoms with E-state index in [1.165, 1.54) is 10.5 Å². The molecule has 1 aliphatic heterocycles. The normalized spacial score (nSPS) is 13.9. The van der Waals surface area contributed by atoms with Crippen molar-refractivity contribution in [2.24, 2.45) is 0 Å². The van der Waals surface area contributed by atoms with Crippen molar-refractivity contribution >= 4 is 29.1 Å². The number of nitrogens with zero attached hydrogens (tertiary/aromatic N) is 1. The number of halogens is 1. The van der Waals surface area contributed by atoms with E-state index in [-0.39, 0.29) is 11.8 Å². The van der Waals surface area contributed by atoms with Crippen molar-refractivity contribution in [2.75, 3.05) is 24.5 Å². The number of hydrogen-bond donors (Lipinski definition) is 2. The van der Waals surface area contributed by atoms with E-state index in [2.05, 4.69) is 43.4 Å². The summed E-state index contributed by atoms with van der Waals surface area (Å²) in [5, 5.41) is 3.49. The van der Waals surface area contributed by atoms with Gasteiger partial charge >= 0.3 is 0 Å². The molecule has 0 unspecified atom stereocenters. The summed E-state index contributed by atoms with van der Waals surface area (Å²) in [5.41, 5.74) is 3.41. The summed E-state index contributed by atoms with van der Waals surface area (Å²) in [6.07, 6.45) is 1.31. The predicted octanol–water partition coefficient (Wildman–Crippen LogP) is 2.82. The minimum absolute atomic E-state index is 0.0345. The predicted molar refractivity (Wildman–Crippen MR) is 116 cm³/mol. The van der Waals surface area contributed by atoms with Crippen molar-refractivity contribution in [1.29, 1.82) is 0 Å².